The van der Waals surface area contributed by atoms with Crippen molar-refractivity contribution in [3.05, 3.63) is 0 Å². The van der Waals surface area contributed by atoms with Crippen LogP contribution in [0.25, 0.3) is 0 Å². The molecule has 0 saturated carbocycles. The Balaban J connectivity index is 3.89. The minimum Gasteiger partial charge on any atom is -0.481 e. The molecule has 5 heteroatoms. The standard InChI is InChI=1S/C15H28O5/c1-14(2,12(17)18)9-5-7-11(16)8-6-10-15(3,4)13(19)20/h11,16H,5-10H2,1-4H3,(H,17,18)(H,19,20). The third-order valence-electron chi connectivity index (χ3n) is 3.84. The first kappa shape index (κ1) is 18.9. The second kappa shape index (κ2) is 7.62. The van der Waals surface area contributed by atoms with Gasteiger partial charge in [-0.05, 0) is 66.2 Å². The van der Waals surface area contributed by atoms with Gasteiger partial charge >= 0.3 is 11.9 Å². The summed E-state index contributed by atoms with van der Waals surface area (Å²) in [6.07, 6.45) is 3.00. The zero-order chi connectivity index (χ0) is 16.0. The molecule has 3 N–H and O–H groups in total. The number of aliphatic hydroxyl groups is 1. The van der Waals surface area contributed by atoms with E-state index in [9.17, 15) is 14.7 Å². The van der Waals surface area contributed by atoms with Gasteiger partial charge in [0.05, 0.1) is 16.9 Å². The summed E-state index contributed by atoms with van der Waals surface area (Å²) >= 11 is 0. The van der Waals surface area contributed by atoms with Gasteiger partial charge < -0.3 is 15.3 Å². The summed E-state index contributed by atoms with van der Waals surface area (Å²) in [5.74, 6) is -1.65. The van der Waals surface area contributed by atoms with E-state index in [2.05, 4.69) is 0 Å². The van der Waals surface area contributed by atoms with Crippen LogP contribution < -0.4 is 0 Å². The molecule has 0 aromatic rings. The summed E-state index contributed by atoms with van der Waals surface area (Å²) < 4.78 is 0. The highest BCUT2D eigenvalue weighted by Gasteiger charge is 2.28. The Kier molecular flexibility index (Phi) is 7.20. The lowest BCUT2D eigenvalue weighted by molar-refractivity contribution is -0.148. The highest BCUT2D eigenvalue weighted by atomic mass is 16.4. The normalized spacial score (nSPS) is 12.7. The summed E-state index contributed by atoms with van der Waals surface area (Å²) in [5.41, 5.74) is -1.52. The topological polar surface area (TPSA) is 94.8 Å². The predicted octanol–water partition coefficient (Wildman–Crippen LogP) is 2.91. The van der Waals surface area contributed by atoms with Gasteiger partial charge in [-0.15, -0.1) is 0 Å². The van der Waals surface area contributed by atoms with Crippen LogP contribution in [0.3, 0.4) is 0 Å². The molecule has 0 unspecified atom stereocenters. The Morgan fingerprint density at radius 1 is 0.850 bits per heavy atom. The van der Waals surface area contributed by atoms with Crippen LogP contribution >= 0.6 is 0 Å². The van der Waals surface area contributed by atoms with E-state index in [0.29, 0.717) is 38.5 Å². The molecule has 0 aliphatic heterocycles. The van der Waals surface area contributed by atoms with E-state index >= 15 is 0 Å². The Bertz CT molecular complexity index is 301. The second-order valence-electron chi connectivity index (χ2n) is 6.82. The summed E-state index contributed by atoms with van der Waals surface area (Å²) in [5, 5.41) is 27.8. The molecular weight excluding hydrogens is 260 g/mol. The zero-order valence-electron chi connectivity index (χ0n) is 13.0. The van der Waals surface area contributed by atoms with Gasteiger partial charge in [0.1, 0.15) is 0 Å². The Morgan fingerprint density at radius 2 is 1.15 bits per heavy atom. The molecule has 5 nitrogen and oxygen atoms in total. The van der Waals surface area contributed by atoms with Crippen molar-refractivity contribution in [3.63, 3.8) is 0 Å². The summed E-state index contributed by atoms with van der Waals surface area (Å²) in [4.78, 5) is 21.8. The molecule has 20 heavy (non-hydrogen) atoms. The van der Waals surface area contributed by atoms with Crippen molar-refractivity contribution in [1.82, 2.24) is 0 Å². The van der Waals surface area contributed by atoms with E-state index in [-0.39, 0.29) is 0 Å². The van der Waals surface area contributed by atoms with Crippen molar-refractivity contribution in [3.8, 4) is 0 Å². The average molecular weight is 288 g/mol. The van der Waals surface area contributed by atoms with E-state index < -0.39 is 28.9 Å². The van der Waals surface area contributed by atoms with Gasteiger partial charge in [0.2, 0.25) is 0 Å². The molecule has 0 aromatic carbocycles. The number of carboxylic acids is 2. The summed E-state index contributed by atoms with van der Waals surface area (Å²) in [7, 11) is 0. The number of aliphatic hydroxyl groups excluding tert-OH is 1. The van der Waals surface area contributed by atoms with E-state index in [0.717, 1.165) is 0 Å². The molecule has 0 aliphatic carbocycles. The van der Waals surface area contributed by atoms with Crippen molar-refractivity contribution in [2.45, 2.75) is 72.3 Å². The van der Waals surface area contributed by atoms with Crippen LogP contribution in [-0.4, -0.2) is 33.4 Å². The number of hydrogen-bond donors (Lipinski definition) is 3. The molecule has 0 aromatic heterocycles. The zero-order valence-corrected chi connectivity index (χ0v) is 13.0. The number of rotatable bonds is 10. The first-order chi connectivity index (χ1) is 8.99. The second-order valence-corrected chi connectivity index (χ2v) is 6.82. The minimum absolute atomic E-state index is 0.482. The first-order valence-corrected chi connectivity index (χ1v) is 7.14. The van der Waals surface area contributed by atoms with Crippen molar-refractivity contribution in [1.29, 1.82) is 0 Å². The number of hydrogen-bond acceptors (Lipinski definition) is 3. The molecule has 0 radical (unpaired) electrons. The van der Waals surface area contributed by atoms with Gasteiger partial charge in [0.15, 0.2) is 0 Å². The largest absolute Gasteiger partial charge is 0.481 e. The Labute approximate surface area is 121 Å². The molecule has 0 spiro atoms. The highest BCUT2D eigenvalue weighted by molar-refractivity contribution is 5.73. The maximum Gasteiger partial charge on any atom is 0.309 e. The highest BCUT2D eigenvalue weighted by Crippen LogP contribution is 2.26. The maximum absolute atomic E-state index is 10.9. The lowest BCUT2D eigenvalue weighted by Gasteiger charge is -2.21. The van der Waals surface area contributed by atoms with Gasteiger partial charge in [0.25, 0.3) is 0 Å². The van der Waals surface area contributed by atoms with Crippen molar-refractivity contribution in [2.24, 2.45) is 10.8 Å². The molecule has 0 aliphatic rings. The van der Waals surface area contributed by atoms with Crippen LogP contribution in [0.5, 0.6) is 0 Å². The molecule has 0 bridgehead atoms. The molecule has 0 fully saturated rings. The Morgan fingerprint density at radius 3 is 1.40 bits per heavy atom. The molecular formula is C15H28O5. The van der Waals surface area contributed by atoms with Crippen LogP contribution in [0, 0.1) is 10.8 Å². The lowest BCUT2D eigenvalue weighted by atomic mass is 9.85. The van der Waals surface area contributed by atoms with Crippen molar-refractivity contribution < 1.29 is 24.9 Å². The number of carbonyl (C=O) groups is 2. The van der Waals surface area contributed by atoms with Gasteiger partial charge in [-0.1, -0.05) is 0 Å². The van der Waals surface area contributed by atoms with Crippen LogP contribution in [-0.2, 0) is 9.59 Å². The van der Waals surface area contributed by atoms with Gasteiger partial charge in [-0.25, -0.2) is 0 Å². The lowest BCUT2D eigenvalue weighted by Crippen LogP contribution is -2.24. The molecule has 0 saturated heterocycles. The third kappa shape index (κ3) is 6.89. The van der Waals surface area contributed by atoms with E-state index in [4.69, 9.17) is 10.2 Å². The monoisotopic (exact) mass is 288 g/mol. The molecule has 0 atom stereocenters. The minimum atomic E-state index is -0.824. The van der Waals surface area contributed by atoms with E-state index in [1.54, 1.807) is 27.7 Å². The smallest absolute Gasteiger partial charge is 0.309 e. The average Bonchev–Trinajstić information content (AvgIpc) is 2.27. The summed E-state index contributed by atoms with van der Waals surface area (Å²) in [6.45, 7) is 6.71. The first-order valence-electron chi connectivity index (χ1n) is 7.14. The van der Waals surface area contributed by atoms with Crippen LogP contribution in [0.15, 0.2) is 0 Å². The van der Waals surface area contributed by atoms with Crippen LogP contribution in [0.1, 0.15) is 66.2 Å². The fraction of sp³-hybridized carbons (Fsp3) is 0.867. The number of aliphatic carboxylic acids is 2. The van der Waals surface area contributed by atoms with Gasteiger partial charge in [-0.2, -0.15) is 0 Å². The predicted molar refractivity (Wildman–Crippen MR) is 76.5 cm³/mol. The fourth-order valence-corrected chi connectivity index (χ4v) is 1.92. The molecule has 0 amide bonds. The fourth-order valence-electron chi connectivity index (χ4n) is 1.92. The van der Waals surface area contributed by atoms with Crippen LogP contribution in [0.4, 0.5) is 0 Å². The Hall–Kier alpha value is -1.10. The SMILES string of the molecule is CC(C)(CCCC(O)CCCC(C)(C)C(=O)O)C(=O)O. The van der Waals surface area contributed by atoms with Gasteiger partial charge in [0, 0.05) is 0 Å². The van der Waals surface area contributed by atoms with Gasteiger partial charge in [-0.3, -0.25) is 9.59 Å². The molecule has 0 heterocycles. The molecule has 118 valence electrons. The quantitative estimate of drug-likeness (QED) is 0.574. The summed E-state index contributed by atoms with van der Waals surface area (Å²) in [6, 6.07) is 0. The van der Waals surface area contributed by atoms with E-state index in [1.807, 2.05) is 0 Å². The van der Waals surface area contributed by atoms with Crippen LogP contribution in [0.2, 0.25) is 0 Å². The molecule has 0 rings (SSSR count). The van der Waals surface area contributed by atoms with Crippen molar-refractivity contribution >= 4 is 11.9 Å². The number of carboxylic acid groups (broad SMARTS) is 2. The maximum atomic E-state index is 10.9. The third-order valence-corrected chi connectivity index (χ3v) is 3.84. The van der Waals surface area contributed by atoms with E-state index in [1.165, 1.54) is 0 Å². The van der Waals surface area contributed by atoms with Crippen molar-refractivity contribution in [2.75, 3.05) is 0 Å².